The fourth-order valence-electron chi connectivity index (χ4n) is 4.15. The zero-order chi connectivity index (χ0) is 26.9. The van der Waals surface area contributed by atoms with E-state index in [4.69, 9.17) is 4.74 Å². The molecule has 0 radical (unpaired) electrons. The molecule has 0 unspecified atom stereocenters. The Kier molecular flexibility index (Phi) is 10.3. The molecule has 1 aliphatic heterocycles. The Bertz CT molecular complexity index is 1220. The van der Waals surface area contributed by atoms with Crippen LogP contribution < -0.4 is 5.32 Å². The van der Waals surface area contributed by atoms with E-state index < -0.39 is 0 Å². The number of ether oxygens (including phenoxy) is 1. The Hall–Kier alpha value is -2.79. The molecule has 202 valence electrons. The van der Waals surface area contributed by atoms with Crippen LogP contribution in [-0.2, 0) is 22.6 Å². The number of nitrogens with zero attached hydrogens (tertiary/aromatic N) is 3. The minimum Gasteiger partial charge on any atom is -0.379 e. The summed E-state index contributed by atoms with van der Waals surface area (Å²) in [6.07, 6.45) is 0. The summed E-state index contributed by atoms with van der Waals surface area (Å²) in [6, 6.07) is 15.2. The van der Waals surface area contributed by atoms with Gasteiger partial charge in [-0.3, -0.25) is 9.69 Å². The molecule has 4 rings (SSSR count). The number of rotatable bonds is 10. The van der Waals surface area contributed by atoms with Crippen LogP contribution in [0.4, 0.5) is 14.9 Å². The molecular formula is C28H32BrFN4O3S. The maximum atomic E-state index is 13.7. The van der Waals surface area contributed by atoms with Crippen LogP contribution >= 0.6 is 27.3 Å². The minimum absolute atomic E-state index is 0.0736. The topological polar surface area (TPSA) is 65.1 Å². The van der Waals surface area contributed by atoms with Crippen molar-refractivity contribution in [2.45, 2.75) is 20.0 Å². The van der Waals surface area contributed by atoms with Gasteiger partial charge in [-0.15, -0.1) is 11.3 Å². The SMILES string of the molecule is Cc1ccsc1CN(Cc1ccc(F)cc1)C(=O)CN(CCN1CCOCC1)C(=O)Nc1cccc(Br)c1. The zero-order valence-electron chi connectivity index (χ0n) is 21.4. The number of benzene rings is 2. The van der Waals surface area contributed by atoms with Gasteiger partial charge in [0.25, 0.3) is 0 Å². The van der Waals surface area contributed by atoms with Crippen LogP contribution in [0.5, 0.6) is 0 Å². The summed E-state index contributed by atoms with van der Waals surface area (Å²) < 4.78 is 19.8. The fraction of sp³-hybridized carbons (Fsp3) is 0.357. The van der Waals surface area contributed by atoms with Gasteiger partial charge in [0.2, 0.25) is 5.91 Å². The molecule has 1 N–H and O–H groups in total. The summed E-state index contributed by atoms with van der Waals surface area (Å²) in [5, 5.41) is 4.93. The number of nitrogens with one attached hydrogen (secondary N) is 1. The number of thiophene rings is 1. The summed E-state index contributed by atoms with van der Waals surface area (Å²) in [4.78, 5) is 33.7. The Morgan fingerprint density at radius 2 is 1.84 bits per heavy atom. The van der Waals surface area contributed by atoms with Crippen LogP contribution in [0.2, 0.25) is 0 Å². The second-order valence-corrected chi connectivity index (χ2v) is 11.1. The lowest BCUT2D eigenvalue weighted by Gasteiger charge is -2.31. The monoisotopic (exact) mass is 602 g/mol. The molecule has 2 aromatic carbocycles. The quantitative estimate of drug-likeness (QED) is 0.340. The van der Waals surface area contributed by atoms with Crippen molar-refractivity contribution >= 4 is 44.9 Å². The third-order valence-electron chi connectivity index (χ3n) is 6.42. The van der Waals surface area contributed by atoms with Gasteiger partial charge in [-0.05, 0) is 59.8 Å². The van der Waals surface area contributed by atoms with Crippen molar-refractivity contribution in [1.82, 2.24) is 14.7 Å². The molecule has 38 heavy (non-hydrogen) atoms. The van der Waals surface area contributed by atoms with Crippen LogP contribution in [0.25, 0.3) is 0 Å². The molecule has 0 saturated carbocycles. The van der Waals surface area contributed by atoms with Gasteiger partial charge in [0.1, 0.15) is 12.4 Å². The summed E-state index contributed by atoms with van der Waals surface area (Å²) in [5.41, 5.74) is 2.58. The molecular weight excluding hydrogens is 571 g/mol. The summed E-state index contributed by atoms with van der Waals surface area (Å²) >= 11 is 5.03. The maximum Gasteiger partial charge on any atom is 0.322 e. The summed E-state index contributed by atoms with van der Waals surface area (Å²) in [6.45, 7) is 6.64. The van der Waals surface area contributed by atoms with E-state index in [1.165, 1.54) is 12.1 Å². The lowest BCUT2D eigenvalue weighted by Crippen LogP contribution is -2.48. The molecule has 1 aromatic heterocycles. The Morgan fingerprint density at radius 1 is 1.08 bits per heavy atom. The Balaban J connectivity index is 1.51. The van der Waals surface area contributed by atoms with Gasteiger partial charge in [-0.2, -0.15) is 0 Å². The largest absolute Gasteiger partial charge is 0.379 e. The summed E-state index contributed by atoms with van der Waals surface area (Å²) in [7, 11) is 0. The number of carbonyl (C=O) groups excluding carboxylic acids is 2. The van der Waals surface area contributed by atoms with E-state index in [1.807, 2.05) is 42.6 Å². The number of halogens is 2. The smallest absolute Gasteiger partial charge is 0.322 e. The third kappa shape index (κ3) is 8.36. The van der Waals surface area contributed by atoms with Gasteiger partial charge in [0.05, 0.1) is 19.8 Å². The second-order valence-electron chi connectivity index (χ2n) is 9.22. The summed E-state index contributed by atoms with van der Waals surface area (Å²) in [5.74, 6) is -0.493. The number of hydrogen-bond acceptors (Lipinski definition) is 5. The number of urea groups is 1. The standard InChI is InChI=1S/C28H32BrFN4O3S/c1-21-9-16-38-26(21)19-34(18-22-5-7-24(30)8-6-22)27(35)20-33(11-10-32-12-14-37-15-13-32)28(36)31-25-4-2-3-23(29)17-25/h2-9,16-17H,10-15,18-20H2,1H3,(H,31,36). The zero-order valence-corrected chi connectivity index (χ0v) is 23.8. The molecule has 2 heterocycles. The van der Waals surface area contributed by atoms with Crippen molar-refractivity contribution in [3.8, 4) is 0 Å². The first-order valence-corrected chi connectivity index (χ1v) is 14.2. The molecule has 10 heteroatoms. The number of aryl methyl sites for hydroxylation is 1. The van der Waals surface area contributed by atoms with E-state index in [-0.39, 0.29) is 24.3 Å². The average Bonchev–Trinajstić information content (AvgIpc) is 3.31. The predicted octanol–water partition coefficient (Wildman–Crippen LogP) is 5.35. The van der Waals surface area contributed by atoms with E-state index >= 15 is 0 Å². The highest BCUT2D eigenvalue weighted by Crippen LogP contribution is 2.20. The highest BCUT2D eigenvalue weighted by Gasteiger charge is 2.24. The van der Waals surface area contributed by atoms with Gasteiger partial charge in [-0.1, -0.05) is 34.1 Å². The Labute approximate surface area is 235 Å². The molecule has 0 bridgehead atoms. The van der Waals surface area contributed by atoms with Crippen molar-refractivity contribution in [2.24, 2.45) is 0 Å². The molecule has 1 saturated heterocycles. The fourth-order valence-corrected chi connectivity index (χ4v) is 5.47. The van der Waals surface area contributed by atoms with Crippen molar-refractivity contribution < 1.29 is 18.7 Å². The second kappa shape index (κ2) is 13.8. The van der Waals surface area contributed by atoms with Crippen molar-refractivity contribution in [2.75, 3.05) is 51.3 Å². The van der Waals surface area contributed by atoms with Gasteiger partial charge in [0.15, 0.2) is 0 Å². The molecule has 1 fully saturated rings. The van der Waals surface area contributed by atoms with Crippen molar-refractivity contribution in [1.29, 1.82) is 0 Å². The van der Waals surface area contributed by atoms with Crippen molar-refractivity contribution in [3.63, 3.8) is 0 Å². The number of amides is 3. The minimum atomic E-state index is -0.334. The van der Waals surface area contributed by atoms with Gasteiger partial charge in [-0.25, -0.2) is 9.18 Å². The molecule has 0 spiro atoms. The van der Waals surface area contributed by atoms with Crippen molar-refractivity contribution in [3.05, 3.63) is 86.3 Å². The molecule has 0 aliphatic carbocycles. The number of hydrogen-bond donors (Lipinski definition) is 1. The highest BCUT2D eigenvalue weighted by molar-refractivity contribution is 9.10. The number of anilines is 1. The van der Waals surface area contributed by atoms with Gasteiger partial charge >= 0.3 is 6.03 Å². The normalized spacial score (nSPS) is 13.8. The van der Waals surface area contributed by atoms with Crippen LogP contribution in [0.15, 0.2) is 64.5 Å². The lowest BCUT2D eigenvalue weighted by molar-refractivity contribution is -0.133. The van der Waals surface area contributed by atoms with Crippen LogP contribution in [0.3, 0.4) is 0 Å². The average molecular weight is 604 g/mol. The number of morpholine rings is 1. The first kappa shape index (κ1) is 28.2. The van der Waals surface area contributed by atoms with Crippen LogP contribution in [-0.4, -0.2) is 72.6 Å². The Morgan fingerprint density at radius 3 is 2.53 bits per heavy atom. The number of carbonyl (C=O) groups is 2. The first-order chi connectivity index (χ1) is 18.4. The third-order valence-corrected chi connectivity index (χ3v) is 7.92. The molecule has 3 aromatic rings. The molecule has 7 nitrogen and oxygen atoms in total. The van der Waals surface area contributed by atoms with Gasteiger partial charge in [0, 0.05) is 47.8 Å². The first-order valence-electron chi connectivity index (χ1n) is 12.5. The highest BCUT2D eigenvalue weighted by atomic mass is 79.9. The maximum absolute atomic E-state index is 13.7. The van der Waals surface area contributed by atoms with E-state index in [2.05, 4.69) is 26.1 Å². The molecule has 3 amide bonds. The predicted molar refractivity (Wildman–Crippen MR) is 152 cm³/mol. The van der Waals surface area contributed by atoms with E-state index in [1.54, 1.807) is 33.3 Å². The molecule has 0 atom stereocenters. The lowest BCUT2D eigenvalue weighted by atomic mass is 10.2. The van der Waals surface area contributed by atoms with E-state index in [0.29, 0.717) is 45.1 Å². The van der Waals surface area contributed by atoms with Gasteiger partial charge < -0.3 is 19.9 Å². The van der Waals surface area contributed by atoms with Crippen LogP contribution in [0.1, 0.15) is 16.0 Å². The van der Waals surface area contributed by atoms with Crippen LogP contribution in [0, 0.1) is 12.7 Å². The van der Waals surface area contributed by atoms with E-state index in [0.717, 1.165) is 33.6 Å². The molecule has 1 aliphatic rings. The van der Waals surface area contributed by atoms with E-state index in [9.17, 15) is 14.0 Å².